The van der Waals surface area contributed by atoms with Gasteiger partial charge in [-0.3, -0.25) is 4.79 Å². The van der Waals surface area contributed by atoms with Crippen LogP contribution in [0.5, 0.6) is 0 Å². The van der Waals surface area contributed by atoms with E-state index in [1.165, 1.54) is 28.0 Å². The summed E-state index contributed by atoms with van der Waals surface area (Å²) in [4.78, 5) is 14.9. The molecule has 3 aliphatic rings. The van der Waals surface area contributed by atoms with Crippen LogP contribution in [0, 0.1) is 13.8 Å². The van der Waals surface area contributed by atoms with Crippen molar-refractivity contribution in [3.8, 4) is 0 Å². The van der Waals surface area contributed by atoms with Gasteiger partial charge in [-0.15, -0.1) is 0 Å². The number of nitrogens with zero attached hydrogens (tertiary/aromatic N) is 1. The van der Waals surface area contributed by atoms with E-state index < -0.39 is 0 Å². The molecule has 3 heteroatoms. The predicted octanol–water partition coefficient (Wildman–Crippen LogP) is 2.77. The van der Waals surface area contributed by atoms with Crippen molar-refractivity contribution in [2.45, 2.75) is 45.6 Å². The highest BCUT2D eigenvalue weighted by molar-refractivity contribution is 5.95. The first kappa shape index (κ1) is 12.9. The van der Waals surface area contributed by atoms with Crippen molar-refractivity contribution in [3.63, 3.8) is 0 Å². The van der Waals surface area contributed by atoms with Crippen molar-refractivity contribution in [2.75, 3.05) is 13.1 Å². The van der Waals surface area contributed by atoms with Gasteiger partial charge in [0.1, 0.15) is 0 Å². The summed E-state index contributed by atoms with van der Waals surface area (Å²) in [7, 11) is 0. The van der Waals surface area contributed by atoms with Crippen molar-refractivity contribution < 1.29 is 4.79 Å². The molecule has 4 rings (SSSR count). The smallest absolute Gasteiger partial charge is 0.252 e. The number of rotatable bonds is 0. The summed E-state index contributed by atoms with van der Waals surface area (Å²) >= 11 is 0. The summed E-state index contributed by atoms with van der Waals surface area (Å²) in [6.45, 7) is 6.23. The van der Waals surface area contributed by atoms with Crippen LogP contribution in [0.2, 0.25) is 0 Å². The van der Waals surface area contributed by atoms with Gasteiger partial charge in [0.2, 0.25) is 0 Å². The van der Waals surface area contributed by atoms with Gasteiger partial charge in [-0.2, -0.15) is 0 Å². The van der Waals surface area contributed by atoms with Crippen LogP contribution in [0.4, 0.5) is 0 Å². The second-order valence-corrected chi connectivity index (χ2v) is 6.59. The van der Waals surface area contributed by atoms with E-state index in [9.17, 15) is 4.79 Å². The lowest BCUT2D eigenvalue weighted by molar-refractivity contribution is -0.131. The molecular weight excluding hydrogens is 260 g/mol. The van der Waals surface area contributed by atoms with E-state index in [2.05, 4.69) is 36.2 Å². The summed E-state index contributed by atoms with van der Waals surface area (Å²) < 4.78 is 0. The number of benzene rings is 1. The molecule has 0 fully saturated rings. The first-order valence-electron chi connectivity index (χ1n) is 8.02. The fourth-order valence-corrected chi connectivity index (χ4v) is 4.01. The summed E-state index contributed by atoms with van der Waals surface area (Å²) in [6, 6.07) is 4.87. The standard InChI is InChI=1S/C18H22N2O/c1-11-8-13-5-7-20-17(15(13)9-12(11)2)10-16-14(18(20)21)4-3-6-19-16/h8-9,17,19H,3-7,10H2,1-2H3. The molecule has 110 valence electrons. The van der Waals surface area contributed by atoms with Crippen LogP contribution >= 0.6 is 0 Å². The van der Waals surface area contributed by atoms with Gasteiger partial charge in [0.25, 0.3) is 5.91 Å². The zero-order valence-electron chi connectivity index (χ0n) is 12.8. The highest BCUT2D eigenvalue weighted by Crippen LogP contribution is 2.41. The first-order valence-corrected chi connectivity index (χ1v) is 8.02. The zero-order valence-corrected chi connectivity index (χ0v) is 12.8. The van der Waals surface area contributed by atoms with Gasteiger partial charge in [-0.1, -0.05) is 12.1 Å². The summed E-state index contributed by atoms with van der Waals surface area (Å²) in [5, 5.41) is 3.47. The maximum atomic E-state index is 12.8. The van der Waals surface area contributed by atoms with Gasteiger partial charge in [0.15, 0.2) is 0 Å². The van der Waals surface area contributed by atoms with Crippen molar-refractivity contribution >= 4 is 5.91 Å². The Bertz CT molecular complexity index is 659. The molecular formula is C18H22N2O. The fourth-order valence-electron chi connectivity index (χ4n) is 4.01. The molecule has 0 radical (unpaired) electrons. The third-order valence-corrected chi connectivity index (χ3v) is 5.34. The Labute approximate surface area is 126 Å². The Morgan fingerprint density at radius 1 is 1.19 bits per heavy atom. The van der Waals surface area contributed by atoms with Crippen LogP contribution in [-0.4, -0.2) is 23.9 Å². The molecule has 1 unspecified atom stereocenters. The SMILES string of the molecule is Cc1cc2c(cc1C)C1CC3=C(CCCN3)C(=O)N1CC2. The minimum Gasteiger partial charge on any atom is -0.388 e. The van der Waals surface area contributed by atoms with Crippen LogP contribution in [0.25, 0.3) is 0 Å². The lowest BCUT2D eigenvalue weighted by Crippen LogP contribution is -2.46. The normalized spacial score (nSPS) is 24.2. The average Bonchev–Trinajstić information content (AvgIpc) is 2.49. The highest BCUT2D eigenvalue weighted by Gasteiger charge is 2.38. The van der Waals surface area contributed by atoms with Crippen molar-refractivity contribution in [1.29, 1.82) is 0 Å². The van der Waals surface area contributed by atoms with Crippen LogP contribution in [0.3, 0.4) is 0 Å². The Balaban J connectivity index is 1.79. The summed E-state index contributed by atoms with van der Waals surface area (Å²) in [5.74, 6) is 0.275. The molecule has 21 heavy (non-hydrogen) atoms. The Morgan fingerprint density at radius 3 is 2.86 bits per heavy atom. The van der Waals surface area contributed by atoms with Gasteiger partial charge in [0, 0.05) is 30.8 Å². The number of amides is 1. The third-order valence-electron chi connectivity index (χ3n) is 5.34. The maximum absolute atomic E-state index is 12.8. The number of aryl methyl sites for hydroxylation is 2. The van der Waals surface area contributed by atoms with Crippen LogP contribution in [-0.2, 0) is 11.2 Å². The van der Waals surface area contributed by atoms with Crippen LogP contribution in [0.15, 0.2) is 23.4 Å². The fraction of sp³-hybridized carbons (Fsp3) is 0.500. The quantitative estimate of drug-likeness (QED) is 0.793. The number of carbonyl (C=O) groups excluding carboxylic acids is 1. The minimum atomic E-state index is 0.241. The topological polar surface area (TPSA) is 32.3 Å². The summed E-state index contributed by atoms with van der Waals surface area (Å²) in [6.07, 6.45) is 3.99. The summed E-state index contributed by atoms with van der Waals surface area (Å²) in [5.41, 5.74) is 7.76. The van der Waals surface area contributed by atoms with E-state index in [4.69, 9.17) is 0 Å². The molecule has 1 amide bonds. The molecule has 0 aliphatic carbocycles. The Morgan fingerprint density at radius 2 is 2.00 bits per heavy atom. The molecule has 1 atom stereocenters. The number of fused-ring (bicyclic) bond motifs is 3. The Kier molecular flexibility index (Phi) is 2.84. The van der Waals surface area contributed by atoms with Gasteiger partial charge < -0.3 is 10.2 Å². The second kappa shape index (κ2) is 4.62. The van der Waals surface area contributed by atoms with Gasteiger partial charge in [-0.05, 0) is 55.4 Å². The molecule has 3 nitrogen and oxygen atoms in total. The minimum absolute atomic E-state index is 0.241. The number of carbonyl (C=O) groups is 1. The van der Waals surface area contributed by atoms with Crippen molar-refractivity contribution in [1.82, 2.24) is 10.2 Å². The van der Waals surface area contributed by atoms with Gasteiger partial charge in [0.05, 0.1) is 6.04 Å². The maximum Gasteiger partial charge on any atom is 0.252 e. The molecule has 0 bridgehead atoms. The van der Waals surface area contributed by atoms with Crippen LogP contribution < -0.4 is 5.32 Å². The van der Waals surface area contributed by atoms with E-state index >= 15 is 0 Å². The van der Waals surface area contributed by atoms with E-state index in [0.29, 0.717) is 0 Å². The third kappa shape index (κ3) is 1.90. The molecule has 0 saturated carbocycles. The van der Waals surface area contributed by atoms with Gasteiger partial charge >= 0.3 is 0 Å². The molecule has 0 saturated heterocycles. The van der Waals surface area contributed by atoms with Crippen LogP contribution in [0.1, 0.15) is 47.6 Å². The van der Waals surface area contributed by atoms with Crippen molar-refractivity contribution in [3.05, 3.63) is 45.7 Å². The van der Waals surface area contributed by atoms with E-state index in [1.807, 2.05) is 0 Å². The zero-order chi connectivity index (χ0) is 14.6. The monoisotopic (exact) mass is 282 g/mol. The molecule has 3 heterocycles. The lowest BCUT2D eigenvalue weighted by Gasteiger charge is -2.43. The van der Waals surface area contributed by atoms with E-state index in [1.54, 1.807) is 0 Å². The molecule has 1 aromatic rings. The molecule has 0 aromatic heterocycles. The average molecular weight is 282 g/mol. The highest BCUT2D eigenvalue weighted by atomic mass is 16.2. The second-order valence-electron chi connectivity index (χ2n) is 6.59. The molecule has 0 spiro atoms. The Hall–Kier alpha value is -1.77. The predicted molar refractivity (Wildman–Crippen MR) is 83.0 cm³/mol. The first-order chi connectivity index (χ1) is 10.1. The van der Waals surface area contributed by atoms with E-state index in [-0.39, 0.29) is 11.9 Å². The largest absolute Gasteiger partial charge is 0.388 e. The number of hydrogen-bond acceptors (Lipinski definition) is 2. The number of nitrogens with one attached hydrogen (secondary N) is 1. The molecule has 1 aromatic carbocycles. The lowest BCUT2D eigenvalue weighted by atomic mass is 9.82. The molecule has 3 aliphatic heterocycles. The van der Waals surface area contributed by atoms with Crippen molar-refractivity contribution in [2.24, 2.45) is 0 Å². The van der Waals surface area contributed by atoms with Gasteiger partial charge in [-0.25, -0.2) is 0 Å². The molecule has 1 N–H and O–H groups in total. The van der Waals surface area contributed by atoms with E-state index in [0.717, 1.165) is 44.3 Å². The number of hydrogen-bond donors (Lipinski definition) is 1.